The van der Waals surface area contributed by atoms with Crippen molar-refractivity contribution in [1.82, 2.24) is 4.98 Å². The maximum atomic E-state index is 9.31. The van der Waals surface area contributed by atoms with Gasteiger partial charge in [0.2, 0.25) is 0 Å². The van der Waals surface area contributed by atoms with Gasteiger partial charge in [0.1, 0.15) is 28.7 Å². The van der Waals surface area contributed by atoms with Crippen LogP contribution in [0.25, 0.3) is 33.3 Å². The van der Waals surface area contributed by atoms with Gasteiger partial charge in [-0.05, 0) is 90.9 Å². The normalized spacial score (nSPS) is 12.4. The third-order valence-electron chi connectivity index (χ3n) is 10.8. The van der Waals surface area contributed by atoms with Gasteiger partial charge in [0.25, 0.3) is 0 Å². The lowest BCUT2D eigenvalue weighted by molar-refractivity contribution is 0.295. The van der Waals surface area contributed by atoms with Crippen LogP contribution in [0.15, 0.2) is 75.8 Å². The number of aromatic nitrogens is 1. The van der Waals surface area contributed by atoms with Crippen molar-refractivity contribution in [1.29, 1.82) is 5.26 Å². The minimum atomic E-state index is -1.73. The maximum absolute atomic E-state index is 9.31. The quantitative estimate of drug-likeness (QED) is 0.120. The zero-order valence-electron chi connectivity index (χ0n) is 33.6. The molecule has 2 N–H and O–H groups in total. The predicted octanol–water partition coefficient (Wildman–Crippen LogP) is 8.40. The molecule has 0 saturated heterocycles. The van der Waals surface area contributed by atoms with E-state index >= 15 is 0 Å². The van der Waals surface area contributed by atoms with Crippen molar-refractivity contribution in [3.63, 3.8) is 0 Å². The molecule has 0 spiro atoms. The number of hydrogen-bond acceptors (Lipinski definition) is 10. The van der Waals surface area contributed by atoms with E-state index in [9.17, 15) is 15.3 Å². The first-order valence-corrected chi connectivity index (χ1v) is 23.9. The van der Waals surface area contributed by atoms with E-state index in [0.717, 1.165) is 46.4 Å². The molecule has 53 heavy (non-hydrogen) atoms. The average Bonchev–Trinajstić information content (AvgIpc) is 3.71. The molecule has 284 valence electrons. The van der Waals surface area contributed by atoms with Crippen molar-refractivity contribution in [2.75, 3.05) is 50.2 Å². The molecule has 3 heterocycles. The van der Waals surface area contributed by atoms with Crippen LogP contribution < -0.4 is 15.5 Å². The molecule has 10 nitrogen and oxygen atoms in total. The fourth-order valence-corrected chi connectivity index (χ4v) is 7.15. The Morgan fingerprint density at radius 2 is 1.25 bits per heavy atom. The Bertz CT molecular complexity index is 2020. The smallest absolute Gasteiger partial charge is 0.465 e. The second kappa shape index (κ2) is 16.6. The number of likely N-dealkylation sites (N-methyl/N-ethyl adjacent to an activating group) is 2. The summed E-state index contributed by atoms with van der Waals surface area (Å²) >= 11 is 0. The molecule has 3 aromatic heterocycles. The van der Waals surface area contributed by atoms with Gasteiger partial charge in [0.05, 0.1) is 18.8 Å². The van der Waals surface area contributed by atoms with Gasteiger partial charge < -0.3 is 37.5 Å². The van der Waals surface area contributed by atoms with E-state index in [1.165, 1.54) is 0 Å². The van der Waals surface area contributed by atoms with E-state index in [2.05, 4.69) is 108 Å². The van der Waals surface area contributed by atoms with E-state index in [1.807, 2.05) is 43.4 Å². The van der Waals surface area contributed by atoms with E-state index in [4.69, 9.17) is 17.7 Å². The van der Waals surface area contributed by atoms with Crippen molar-refractivity contribution in [2.45, 2.75) is 77.8 Å². The predicted molar refractivity (Wildman–Crippen MR) is 223 cm³/mol. The molecule has 0 aliphatic carbocycles. The van der Waals surface area contributed by atoms with Crippen LogP contribution in [0.4, 0.5) is 11.4 Å². The lowest BCUT2D eigenvalue weighted by atomic mass is 9.88. The summed E-state index contributed by atoms with van der Waals surface area (Å²) in [6, 6.07) is 19.6. The molecule has 5 aromatic rings. The minimum absolute atomic E-state index is 0.158. The summed E-state index contributed by atoms with van der Waals surface area (Å²) in [7, 11) is -0.939. The van der Waals surface area contributed by atoms with Crippen LogP contribution in [0.2, 0.25) is 36.3 Å². The van der Waals surface area contributed by atoms with Crippen molar-refractivity contribution < 1.29 is 27.7 Å². The van der Waals surface area contributed by atoms with Crippen molar-refractivity contribution in [3.05, 3.63) is 72.6 Å². The first kappa shape index (κ1) is 41.8. The first-order valence-electron chi connectivity index (χ1n) is 18.1. The molecule has 0 aliphatic rings. The topological polar surface area (TPSA) is 128 Å². The summed E-state index contributed by atoms with van der Waals surface area (Å²) in [5, 5.41) is 30.0. The Balaban J connectivity index is 0.000000241. The molecular weight excluding hydrogens is 699 g/mol. The van der Waals surface area contributed by atoms with E-state index in [1.54, 1.807) is 18.5 Å². The number of anilines is 2. The number of hydrogen-bond donors (Lipinski definition) is 2. The monoisotopic (exact) mass is 756 g/mol. The molecular formula is C40H57BN4O6Si2. The van der Waals surface area contributed by atoms with Crippen LogP contribution in [0.5, 0.6) is 0 Å². The Kier molecular flexibility index (Phi) is 13.1. The van der Waals surface area contributed by atoms with Crippen LogP contribution in [-0.4, -0.2) is 79.2 Å². The number of fused-ring (bicyclic) bond motifs is 2. The second-order valence-electron chi connectivity index (χ2n) is 16.7. The Labute approximate surface area is 317 Å². The summed E-state index contributed by atoms with van der Waals surface area (Å²) in [6.07, 6.45) is 3.23. The van der Waals surface area contributed by atoms with Crippen LogP contribution in [0, 0.1) is 11.3 Å². The molecule has 0 saturated carbocycles. The SMILES string of the molecule is CN(CCO[Si](C)(C)C(C)(C)C)c1ccc2oc(-c3ccncc3C#N)cc2c1.CN(CCO[Si](C)(C)C(C)(C)C)c1ccc2oc(B(O)O)cc2c1. The van der Waals surface area contributed by atoms with Gasteiger partial charge in [-0.25, -0.2) is 0 Å². The largest absolute Gasteiger partial charge is 0.526 e. The molecule has 0 bridgehead atoms. The number of benzene rings is 2. The fourth-order valence-electron chi connectivity index (χ4n) is 5.08. The molecule has 0 unspecified atom stereocenters. The standard InChI is InChI=1S/C23H29N3O2Si.C17H28BNO4Si/c1-23(2,3)29(5,6)27-12-11-26(4)19-7-8-21-17(13-19)14-22(28-21)20-9-10-25-16-18(20)15-24;1-17(2,3)24(5,6)22-10-9-19(4)14-7-8-15-13(11-14)12-16(23-15)18(20)21/h7-10,13-14,16H,11-12H2,1-6H3;7-8,11-12,20-21H,9-10H2,1-6H3. The van der Waals surface area contributed by atoms with Gasteiger partial charge in [-0.1, -0.05) is 41.5 Å². The summed E-state index contributed by atoms with van der Waals surface area (Å²) in [6.45, 7) is 25.6. The van der Waals surface area contributed by atoms with E-state index in [-0.39, 0.29) is 15.7 Å². The Hall–Kier alpha value is -3.90. The lowest BCUT2D eigenvalue weighted by Crippen LogP contribution is -2.42. The molecule has 0 atom stereocenters. The molecule has 0 amide bonds. The van der Waals surface area contributed by atoms with Gasteiger partial charge in [-0.15, -0.1) is 0 Å². The molecule has 0 radical (unpaired) electrons. The molecule has 2 aromatic carbocycles. The van der Waals surface area contributed by atoms with Gasteiger partial charge in [-0.3, -0.25) is 4.98 Å². The van der Waals surface area contributed by atoms with Gasteiger partial charge >= 0.3 is 7.12 Å². The zero-order chi connectivity index (χ0) is 39.4. The second-order valence-corrected chi connectivity index (χ2v) is 26.3. The van der Waals surface area contributed by atoms with Crippen molar-refractivity contribution in [3.8, 4) is 17.4 Å². The van der Waals surface area contributed by atoms with Crippen LogP contribution in [-0.2, 0) is 8.85 Å². The minimum Gasteiger partial charge on any atom is -0.465 e. The highest BCUT2D eigenvalue weighted by Crippen LogP contribution is 2.38. The first-order chi connectivity index (χ1) is 24.6. The molecule has 13 heteroatoms. The number of pyridine rings is 1. The number of rotatable bonds is 12. The maximum Gasteiger partial charge on any atom is 0.526 e. The summed E-state index contributed by atoms with van der Waals surface area (Å²) in [4.78, 5) is 8.35. The van der Waals surface area contributed by atoms with E-state index in [0.29, 0.717) is 30.1 Å². The van der Waals surface area contributed by atoms with Crippen molar-refractivity contribution >= 4 is 62.7 Å². The Morgan fingerprint density at radius 1 is 0.755 bits per heavy atom. The van der Waals surface area contributed by atoms with Gasteiger partial charge in [0, 0.05) is 67.3 Å². The molecule has 0 aliphatic heterocycles. The highest BCUT2D eigenvalue weighted by molar-refractivity contribution is 6.74. The lowest BCUT2D eigenvalue weighted by Gasteiger charge is -2.36. The van der Waals surface area contributed by atoms with Crippen LogP contribution in [0.1, 0.15) is 47.1 Å². The van der Waals surface area contributed by atoms with Crippen LogP contribution in [0.3, 0.4) is 0 Å². The number of nitrogens with zero attached hydrogens (tertiary/aromatic N) is 4. The van der Waals surface area contributed by atoms with Crippen LogP contribution >= 0.6 is 0 Å². The summed E-state index contributed by atoms with van der Waals surface area (Å²) in [5.74, 6) is 0.681. The van der Waals surface area contributed by atoms with Crippen molar-refractivity contribution in [2.24, 2.45) is 0 Å². The number of furan rings is 2. The highest BCUT2D eigenvalue weighted by atomic mass is 28.4. The highest BCUT2D eigenvalue weighted by Gasteiger charge is 2.37. The molecule has 0 fully saturated rings. The summed E-state index contributed by atoms with van der Waals surface area (Å²) in [5.41, 5.74) is 5.03. The third kappa shape index (κ3) is 10.4. The van der Waals surface area contributed by atoms with Gasteiger partial charge in [-0.2, -0.15) is 5.26 Å². The summed E-state index contributed by atoms with van der Waals surface area (Å²) < 4.78 is 23.9. The fraction of sp³-hybridized carbons (Fsp3) is 0.450. The Morgan fingerprint density at radius 3 is 1.72 bits per heavy atom. The number of nitriles is 1. The third-order valence-corrected chi connectivity index (χ3v) is 19.8. The molecule has 5 rings (SSSR count). The van der Waals surface area contributed by atoms with E-state index < -0.39 is 23.8 Å². The average molecular weight is 757 g/mol. The zero-order valence-corrected chi connectivity index (χ0v) is 35.6. The van der Waals surface area contributed by atoms with Gasteiger partial charge in [0.15, 0.2) is 16.6 Å².